The fourth-order valence-corrected chi connectivity index (χ4v) is 2.34. The van der Waals surface area contributed by atoms with E-state index in [-0.39, 0.29) is 5.91 Å². The van der Waals surface area contributed by atoms with Crippen LogP contribution in [0.15, 0.2) is 18.2 Å². The SMILES string of the molecule is Cc1ccc(NC(=O)C2(C#N)CCC2)cc1N(C)C. The molecule has 1 amide bonds. The van der Waals surface area contributed by atoms with Gasteiger partial charge in [-0.25, -0.2) is 0 Å². The Balaban J connectivity index is 2.18. The second-order valence-corrected chi connectivity index (χ2v) is 5.40. The number of benzene rings is 1. The number of carbonyl (C=O) groups excluding carboxylic acids is 1. The van der Waals surface area contributed by atoms with Gasteiger partial charge in [0, 0.05) is 25.5 Å². The third kappa shape index (κ3) is 2.41. The van der Waals surface area contributed by atoms with Gasteiger partial charge in [0.15, 0.2) is 0 Å². The predicted octanol–water partition coefficient (Wildman–Crippen LogP) is 2.69. The molecule has 1 saturated carbocycles. The summed E-state index contributed by atoms with van der Waals surface area (Å²) in [6.07, 6.45) is 2.29. The number of anilines is 2. The lowest BCUT2D eigenvalue weighted by Crippen LogP contribution is -2.40. The average Bonchev–Trinajstić information content (AvgIpc) is 2.30. The minimum Gasteiger partial charge on any atom is -0.377 e. The van der Waals surface area contributed by atoms with E-state index in [9.17, 15) is 4.79 Å². The van der Waals surface area contributed by atoms with E-state index in [2.05, 4.69) is 11.4 Å². The second-order valence-electron chi connectivity index (χ2n) is 5.40. The number of hydrogen-bond acceptors (Lipinski definition) is 3. The van der Waals surface area contributed by atoms with Crippen LogP contribution in [-0.4, -0.2) is 20.0 Å². The van der Waals surface area contributed by atoms with Crippen molar-refractivity contribution in [2.24, 2.45) is 5.41 Å². The van der Waals surface area contributed by atoms with Gasteiger partial charge < -0.3 is 10.2 Å². The van der Waals surface area contributed by atoms with E-state index in [1.807, 2.05) is 44.1 Å². The van der Waals surface area contributed by atoms with E-state index in [1.54, 1.807) is 0 Å². The Kier molecular flexibility index (Phi) is 3.48. The summed E-state index contributed by atoms with van der Waals surface area (Å²) in [5, 5.41) is 12.0. The molecular weight excluding hydrogens is 238 g/mol. The molecule has 0 bridgehead atoms. The Morgan fingerprint density at radius 1 is 1.42 bits per heavy atom. The smallest absolute Gasteiger partial charge is 0.244 e. The Morgan fingerprint density at radius 3 is 2.58 bits per heavy atom. The number of nitriles is 1. The number of carbonyl (C=O) groups is 1. The lowest BCUT2D eigenvalue weighted by atomic mass is 9.69. The van der Waals surface area contributed by atoms with Crippen LogP contribution in [0.5, 0.6) is 0 Å². The highest BCUT2D eigenvalue weighted by molar-refractivity contribution is 5.98. The lowest BCUT2D eigenvalue weighted by Gasteiger charge is -2.33. The standard InChI is InChI=1S/C15H19N3O/c1-11-5-6-12(9-13(11)18(2)3)17-14(19)15(10-16)7-4-8-15/h5-6,9H,4,7-8H2,1-3H3,(H,17,19). The van der Waals surface area contributed by atoms with Gasteiger partial charge in [-0.3, -0.25) is 4.79 Å². The first kappa shape index (κ1) is 13.4. The molecule has 0 unspecified atom stereocenters. The van der Waals surface area contributed by atoms with Crippen LogP contribution in [0, 0.1) is 23.7 Å². The summed E-state index contributed by atoms with van der Waals surface area (Å²) in [4.78, 5) is 14.2. The summed E-state index contributed by atoms with van der Waals surface area (Å²) >= 11 is 0. The molecular formula is C15H19N3O. The number of nitrogens with zero attached hydrogens (tertiary/aromatic N) is 2. The topological polar surface area (TPSA) is 56.1 Å². The number of aryl methyl sites for hydroxylation is 1. The zero-order chi connectivity index (χ0) is 14.0. The van der Waals surface area contributed by atoms with Crippen molar-refractivity contribution in [2.45, 2.75) is 26.2 Å². The minimum absolute atomic E-state index is 0.171. The Hall–Kier alpha value is -2.02. The van der Waals surface area contributed by atoms with Crippen molar-refractivity contribution in [3.63, 3.8) is 0 Å². The normalized spacial score (nSPS) is 16.1. The number of hydrogen-bond donors (Lipinski definition) is 1. The fraction of sp³-hybridized carbons (Fsp3) is 0.467. The molecule has 0 atom stereocenters. The van der Waals surface area contributed by atoms with Gasteiger partial charge in [-0.05, 0) is 43.9 Å². The van der Waals surface area contributed by atoms with Crippen LogP contribution in [0.1, 0.15) is 24.8 Å². The van der Waals surface area contributed by atoms with E-state index >= 15 is 0 Å². The third-order valence-corrected chi connectivity index (χ3v) is 3.80. The highest BCUT2D eigenvalue weighted by atomic mass is 16.2. The van der Waals surface area contributed by atoms with Crippen LogP contribution in [0.25, 0.3) is 0 Å². The maximum Gasteiger partial charge on any atom is 0.244 e. The summed E-state index contributed by atoms with van der Waals surface area (Å²) < 4.78 is 0. The molecule has 1 aromatic carbocycles. The van der Waals surface area contributed by atoms with Crippen molar-refractivity contribution in [1.82, 2.24) is 0 Å². The van der Waals surface area contributed by atoms with Crippen molar-refractivity contribution in [2.75, 3.05) is 24.3 Å². The number of nitrogens with one attached hydrogen (secondary N) is 1. The van der Waals surface area contributed by atoms with E-state index in [1.165, 1.54) is 0 Å². The van der Waals surface area contributed by atoms with Crippen LogP contribution in [0.3, 0.4) is 0 Å². The van der Waals surface area contributed by atoms with Gasteiger partial charge in [0.25, 0.3) is 0 Å². The van der Waals surface area contributed by atoms with E-state index < -0.39 is 5.41 Å². The average molecular weight is 257 g/mol. The Bertz CT molecular complexity index is 539. The molecule has 1 aromatic rings. The first-order chi connectivity index (χ1) is 8.98. The maximum atomic E-state index is 12.2. The summed E-state index contributed by atoms with van der Waals surface area (Å²) in [5.41, 5.74) is 2.17. The van der Waals surface area contributed by atoms with Crippen LogP contribution >= 0.6 is 0 Å². The summed E-state index contributed by atoms with van der Waals surface area (Å²) in [7, 11) is 3.94. The molecule has 4 nitrogen and oxygen atoms in total. The monoisotopic (exact) mass is 257 g/mol. The Labute approximate surface area is 114 Å². The highest BCUT2D eigenvalue weighted by Gasteiger charge is 2.44. The van der Waals surface area contributed by atoms with Crippen LogP contribution < -0.4 is 10.2 Å². The quantitative estimate of drug-likeness (QED) is 0.905. The molecule has 2 rings (SSSR count). The zero-order valence-electron chi connectivity index (χ0n) is 11.7. The van der Waals surface area contributed by atoms with Crippen molar-refractivity contribution >= 4 is 17.3 Å². The largest absolute Gasteiger partial charge is 0.377 e. The predicted molar refractivity (Wildman–Crippen MR) is 76.0 cm³/mol. The molecule has 1 aliphatic rings. The van der Waals surface area contributed by atoms with Crippen LogP contribution in [-0.2, 0) is 4.79 Å². The molecule has 0 spiro atoms. The zero-order valence-corrected chi connectivity index (χ0v) is 11.7. The van der Waals surface area contributed by atoms with Crippen molar-refractivity contribution in [3.05, 3.63) is 23.8 Å². The molecule has 0 heterocycles. The molecule has 1 aliphatic carbocycles. The number of amides is 1. The van der Waals surface area contributed by atoms with E-state index in [4.69, 9.17) is 5.26 Å². The van der Waals surface area contributed by atoms with Gasteiger partial charge in [-0.1, -0.05) is 6.07 Å². The highest BCUT2D eigenvalue weighted by Crippen LogP contribution is 2.41. The molecule has 1 N–H and O–H groups in total. The first-order valence-corrected chi connectivity index (χ1v) is 6.49. The summed E-state index contributed by atoms with van der Waals surface area (Å²) in [6.45, 7) is 2.03. The van der Waals surface area contributed by atoms with Gasteiger partial charge in [0.1, 0.15) is 5.41 Å². The van der Waals surface area contributed by atoms with Crippen molar-refractivity contribution in [3.8, 4) is 6.07 Å². The first-order valence-electron chi connectivity index (χ1n) is 6.49. The minimum atomic E-state index is -0.802. The maximum absolute atomic E-state index is 12.2. The fourth-order valence-electron chi connectivity index (χ4n) is 2.34. The number of rotatable bonds is 3. The van der Waals surface area contributed by atoms with Gasteiger partial charge in [-0.15, -0.1) is 0 Å². The summed E-state index contributed by atoms with van der Waals surface area (Å²) in [6, 6.07) is 7.96. The molecule has 100 valence electrons. The van der Waals surface area contributed by atoms with E-state index in [0.717, 1.165) is 23.4 Å². The molecule has 4 heteroatoms. The van der Waals surface area contributed by atoms with Crippen LogP contribution in [0.4, 0.5) is 11.4 Å². The van der Waals surface area contributed by atoms with Crippen LogP contribution in [0.2, 0.25) is 0 Å². The summed E-state index contributed by atoms with van der Waals surface area (Å²) in [5.74, 6) is -0.171. The van der Waals surface area contributed by atoms with Gasteiger partial charge in [-0.2, -0.15) is 5.26 Å². The lowest BCUT2D eigenvalue weighted by molar-refractivity contribution is -0.126. The molecule has 0 aliphatic heterocycles. The Morgan fingerprint density at radius 2 is 2.11 bits per heavy atom. The van der Waals surface area contributed by atoms with E-state index in [0.29, 0.717) is 12.8 Å². The molecule has 0 saturated heterocycles. The van der Waals surface area contributed by atoms with Crippen molar-refractivity contribution in [1.29, 1.82) is 5.26 Å². The van der Waals surface area contributed by atoms with Gasteiger partial charge in [0.2, 0.25) is 5.91 Å². The molecule has 19 heavy (non-hydrogen) atoms. The van der Waals surface area contributed by atoms with Gasteiger partial charge >= 0.3 is 0 Å². The molecule has 0 aromatic heterocycles. The molecule has 0 radical (unpaired) electrons. The third-order valence-electron chi connectivity index (χ3n) is 3.80. The second kappa shape index (κ2) is 4.93. The van der Waals surface area contributed by atoms with Crippen molar-refractivity contribution < 1.29 is 4.79 Å². The van der Waals surface area contributed by atoms with Gasteiger partial charge in [0.05, 0.1) is 6.07 Å². The molecule has 1 fully saturated rings.